The highest BCUT2D eigenvalue weighted by molar-refractivity contribution is 7.47. The van der Waals surface area contributed by atoms with Crippen LogP contribution in [0.2, 0.25) is 0 Å². The molecule has 107 heavy (non-hydrogen) atoms. The first-order chi connectivity index (χ1) is 51.6. The van der Waals surface area contributed by atoms with Gasteiger partial charge in [0.25, 0.3) is 0 Å². The summed E-state index contributed by atoms with van der Waals surface area (Å²) in [5, 5.41) is 10.7. The van der Waals surface area contributed by atoms with Crippen LogP contribution in [0.3, 0.4) is 0 Å². The van der Waals surface area contributed by atoms with Gasteiger partial charge in [-0.3, -0.25) is 37.3 Å². The standard InChI is InChI=1S/C88H172O17P2/c1-9-81(8)67-59-51-43-35-29-23-19-15-11-13-17-21-25-31-37-45-54-62-70-87(92)104-83(74-98-85(90)68-60-52-44-36-30-24-20-16-12-10-14-18-22-27-33-40-48-56-64-78(2)3)76-102-106(94,95)100-72-82(89)73-101-107(96,97)103-77-84(75-99-86(91)69-61-53-47-39-42-50-58-66-80(6)7)105-88(93)71-63-55-46-38-32-26-28-34-41-49-57-65-79(4)5/h78-84,89H,9-77H2,1-8H3,(H,94,95)(H,96,97)/t81?,82?,83-,84-/m1/s1. The van der Waals surface area contributed by atoms with Gasteiger partial charge in [-0.1, -0.05) is 409 Å². The average molecular weight is 1560 g/mol. The number of hydrogen-bond acceptors (Lipinski definition) is 15. The molecule has 6 atom stereocenters. The first kappa shape index (κ1) is 105. The fraction of sp³-hybridized carbons (Fsp3) is 0.955. The molecule has 19 heteroatoms. The molecule has 0 aromatic rings. The van der Waals surface area contributed by atoms with E-state index in [1.807, 2.05) is 0 Å². The number of hydrogen-bond donors (Lipinski definition) is 3. The molecule has 0 aliphatic rings. The number of ether oxygens (including phenoxy) is 4. The number of esters is 4. The molecule has 0 bridgehead atoms. The zero-order valence-electron chi connectivity index (χ0n) is 70.8. The Kier molecular flexibility index (Phi) is 75.3. The number of phosphoric acid groups is 2. The van der Waals surface area contributed by atoms with Gasteiger partial charge in [-0.05, 0) is 49.4 Å². The molecule has 0 saturated carbocycles. The van der Waals surface area contributed by atoms with Crippen LogP contribution in [0.1, 0.15) is 460 Å². The quantitative estimate of drug-likeness (QED) is 0.0222. The second-order valence-electron chi connectivity index (χ2n) is 33.3. The minimum absolute atomic E-state index is 0.106. The molecule has 3 N–H and O–H groups in total. The second kappa shape index (κ2) is 76.7. The SMILES string of the molecule is CCC(C)CCCCCCCCCCCCCCCCCCCCC(=O)O[C@H](COC(=O)CCCCCCCCCCCCCCCCCCCCC(C)C)COP(=O)(O)OCC(O)COP(=O)(O)OC[C@@H](COC(=O)CCCCCCCCCC(C)C)OC(=O)CCCCCCCCCCCCCC(C)C. The Bertz CT molecular complexity index is 2080. The predicted molar refractivity (Wildman–Crippen MR) is 441 cm³/mol. The largest absolute Gasteiger partial charge is 0.472 e. The summed E-state index contributed by atoms with van der Waals surface area (Å²) >= 11 is 0. The lowest BCUT2D eigenvalue weighted by Gasteiger charge is -2.21. The van der Waals surface area contributed by atoms with Crippen LogP contribution in [-0.4, -0.2) is 96.7 Å². The maximum Gasteiger partial charge on any atom is 0.472 e. The molecule has 0 aliphatic heterocycles. The zero-order chi connectivity index (χ0) is 78.8. The van der Waals surface area contributed by atoms with E-state index in [2.05, 4.69) is 55.4 Å². The van der Waals surface area contributed by atoms with Crippen LogP contribution >= 0.6 is 15.6 Å². The van der Waals surface area contributed by atoms with Gasteiger partial charge >= 0.3 is 39.5 Å². The molecule has 0 rings (SSSR count). The number of carbonyl (C=O) groups is 4. The van der Waals surface area contributed by atoms with Gasteiger partial charge in [0.1, 0.15) is 19.3 Å². The first-order valence-corrected chi connectivity index (χ1v) is 48.2. The van der Waals surface area contributed by atoms with Crippen molar-refractivity contribution in [3.63, 3.8) is 0 Å². The summed E-state index contributed by atoms with van der Waals surface area (Å²) in [4.78, 5) is 73.2. The lowest BCUT2D eigenvalue weighted by molar-refractivity contribution is -0.161. The van der Waals surface area contributed by atoms with Gasteiger partial charge in [0.15, 0.2) is 12.2 Å². The van der Waals surface area contributed by atoms with E-state index in [0.29, 0.717) is 31.6 Å². The maximum atomic E-state index is 13.2. The van der Waals surface area contributed by atoms with Crippen LogP contribution in [0.4, 0.5) is 0 Å². The highest BCUT2D eigenvalue weighted by Crippen LogP contribution is 2.45. The Morgan fingerprint density at radius 3 is 0.664 bits per heavy atom. The molecule has 0 aromatic heterocycles. The van der Waals surface area contributed by atoms with E-state index in [4.69, 9.17) is 37.0 Å². The highest BCUT2D eigenvalue weighted by atomic mass is 31.2. The minimum atomic E-state index is -4.97. The smallest absolute Gasteiger partial charge is 0.462 e. The monoisotopic (exact) mass is 1560 g/mol. The van der Waals surface area contributed by atoms with E-state index in [9.17, 15) is 43.2 Å². The molecule has 0 spiro atoms. The third kappa shape index (κ3) is 80.5. The molecular weight excluding hydrogens is 1390 g/mol. The van der Waals surface area contributed by atoms with Gasteiger partial charge in [0, 0.05) is 25.7 Å². The number of rotatable bonds is 85. The van der Waals surface area contributed by atoms with Gasteiger partial charge in [0.2, 0.25) is 0 Å². The third-order valence-corrected chi connectivity index (χ3v) is 22.8. The van der Waals surface area contributed by atoms with Crippen molar-refractivity contribution in [3.05, 3.63) is 0 Å². The van der Waals surface area contributed by atoms with Crippen LogP contribution in [0, 0.1) is 23.7 Å². The Labute approximate surface area is 658 Å². The molecular formula is C88H172O17P2. The molecule has 636 valence electrons. The van der Waals surface area contributed by atoms with E-state index in [-0.39, 0.29) is 25.7 Å². The first-order valence-electron chi connectivity index (χ1n) is 45.2. The van der Waals surface area contributed by atoms with E-state index >= 15 is 0 Å². The van der Waals surface area contributed by atoms with Gasteiger partial charge in [-0.2, -0.15) is 0 Å². The Hall–Kier alpha value is -1.94. The van der Waals surface area contributed by atoms with Gasteiger partial charge in [-0.25, -0.2) is 9.13 Å². The van der Waals surface area contributed by atoms with Crippen LogP contribution in [0.25, 0.3) is 0 Å². The normalized spacial score (nSPS) is 14.1. The minimum Gasteiger partial charge on any atom is -0.462 e. The van der Waals surface area contributed by atoms with Gasteiger partial charge < -0.3 is 33.8 Å². The molecule has 0 heterocycles. The summed E-state index contributed by atoms with van der Waals surface area (Å²) < 4.78 is 68.9. The van der Waals surface area contributed by atoms with Crippen LogP contribution in [-0.2, 0) is 65.4 Å². The van der Waals surface area contributed by atoms with Crippen molar-refractivity contribution >= 4 is 39.5 Å². The molecule has 0 aliphatic carbocycles. The number of carbonyl (C=O) groups excluding carboxylic acids is 4. The number of aliphatic hydroxyl groups excluding tert-OH is 1. The van der Waals surface area contributed by atoms with Crippen molar-refractivity contribution in [1.82, 2.24) is 0 Å². The van der Waals surface area contributed by atoms with E-state index in [1.165, 1.54) is 257 Å². The van der Waals surface area contributed by atoms with Gasteiger partial charge in [-0.15, -0.1) is 0 Å². The van der Waals surface area contributed by atoms with E-state index in [1.54, 1.807) is 0 Å². The predicted octanol–water partition coefficient (Wildman–Crippen LogP) is 26.7. The lowest BCUT2D eigenvalue weighted by Crippen LogP contribution is -2.30. The summed E-state index contributed by atoms with van der Waals surface area (Å²) in [5.41, 5.74) is 0. The van der Waals surface area contributed by atoms with Crippen molar-refractivity contribution in [2.45, 2.75) is 478 Å². The summed E-state index contributed by atoms with van der Waals surface area (Å²) in [7, 11) is -9.93. The summed E-state index contributed by atoms with van der Waals surface area (Å²) in [5.74, 6) is 1.06. The van der Waals surface area contributed by atoms with Crippen molar-refractivity contribution in [3.8, 4) is 0 Å². The highest BCUT2D eigenvalue weighted by Gasteiger charge is 2.31. The Morgan fingerprint density at radius 1 is 0.262 bits per heavy atom. The van der Waals surface area contributed by atoms with Gasteiger partial charge in [0.05, 0.1) is 26.4 Å². The Balaban J connectivity index is 5.21. The molecule has 0 radical (unpaired) electrons. The van der Waals surface area contributed by atoms with E-state index in [0.717, 1.165) is 114 Å². The molecule has 0 fully saturated rings. The topological polar surface area (TPSA) is 237 Å². The third-order valence-electron chi connectivity index (χ3n) is 20.9. The van der Waals surface area contributed by atoms with Crippen molar-refractivity contribution in [2.75, 3.05) is 39.6 Å². The fourth-order valence-electron chi connectivity index (χ4n) is 13.6. The number of aliphatic hydroxyl groups is 1. The summed E-state index contributed by atoms with van der Waals surface area (Å²) in [6.07, 6.45) is 66.8. The summed E-state index contributed by atoms with van der Waals surface area (Å²) in [6, 6.07) is 0. The fourth-order valence-corrected chi connectivity index (χ4v) is 15.2. The molecule has 4 unspecified atom stereocenters. The lowest BCUT2D eigenvalue weighted by atomic mass is 9.99. The van der Waals surface area contributed by atoms with Crippen molar-refractivity contribution in [1.29, 1.82) is 0 Å². The maximum absolute atomic E-state index is 13.2. The van der Waals surface area contributed by atoms with E-state index < -0.39 is 97.5 Å². The number of phosphoric ester groups is 2. The second-order valence-corrected chi connectivity index (χ2v) is 36.2. The van der Waals surface area contributed by atoms with Crippen LogP contribution in [0.15, 0.2) is 0 Å². The molecule has 17 nitrogen and oxygen atoms in total. The average Bonchev–Trinajstić information content (AvgIpc) is 0.904. The Morgan fingerprint density at radius 2 is 0.449 bits per heavy atom. The number of unbranched alkanes of at least 4 members (excludes halogenated alkanes) is 50. The molecule has 0 amide bonds. The van der Waals surface area contributed by atoms with Crippen molar-refractivity contribution < 1.29 is 80.2 Å². The van der Waals surface area contributed by atoms with Crippen LogP contribution < -0.4 is 0 Å². The van der Waals surface area contributed by atoms with Crippen LogP contribution in [0.5, 0.6) is 0 Å². The molecule has 0 saturated heterocycles. The molecule has 0 aromatic carbocycles. The van der Waals surface area contributed by atoms with Crippen molar-refractivity contribution in [2.24, 2.45) is 23.7 Å². The zero-order valence-corrected chi connectivity index (χ0v) is 72.6. The summed E-state index contributed by atoms with van der Waals surface area (Å²) in [6.45, 7) is 14.3.